The summed E-state index contributed by atoms with van der Waals surface area (Å²) in [5.74, 6) is 0.280. The van der Waals surface area contributed by atoms with E-state index in [-0.39, 0.29) is 12.0 Å². The molecule has 4 heteroatoms. The molecule has 0 saturated carbocycles. The fraction of sp³-hybridized carbons (Fsp3) is 0.556. The number of β-amino-alcohol motifs (C(OH)–C–C–N with tert-alkyl or cyclic N) is 1. The van der Waals surface area contributed by atoms with Gasteiger partial charge in [0.2, 0.25) is 0 Å². The monoisotopic (exact) mass is 323 g/mol. The topological polar surface area (TPSA) is 43.7 Å². The zero-order valence-corrected chi connectivity index (χ0v) is 13.8. The van der Waals surface area contributed by atoms with Crippen LogP contribution >= 0.6 is 11.6 Å². The Kier molecular flexibility index (Phi) is 6.90. The summed E-state index contributed by atoms with van der Waals surface area (Å²) in [5.41, 5.74) is 0.939. The second-order valence-corrected chi connectivity index (χ2v) is 6.59. The van der Waals surface area contributed by atoms with E-state index in [1.807, 2.05) is 30.3 Å². The van der Waals surface area contributed by atoms with Gasteiger partial charge in [0, 0.05) is 11.6 Å². The van der Waals surface area contributed by atoms with E-state index >= 15 is 0 Å². The molecule has 1 aliphatic heterocycles. The van der Waals surface area contributed by atoms with Crippen molar-refractivity contribution in [3.8, 4) is 0 Å². The number of aliphatic hydroxyl groups is 2. The zero-order chi connectivity index (χ0) is 15.9. The Labute approximate surface area is 138 Å². The first-order valence-electron chi connectivity index (χ1n) is 8.05. The summed E-state index contributed by atoms with van der Waals surface area (Å²) in [6.07, 6.45) is 4.68. The highest BCUT2D eigenvalue weighted by Gasteiger charge is 2.26. The van der Waals surface area contributed by atoms with Crippen LogP contribution in [0.3, 0.4) is 0 Å². The van der Waals surface area contributed by atoms with Crippen molar-refractivity contribution in [2.75, 3.05) is 19.6 Å². The zero-order valence-electron chi connectivity index (χ0n) is 13.0. The lowest BCUT2D eigenvalue weighted by atomic mass is 9.87. The van der Waals surface area contributed by atoms with Crippen LogP contribution in [0, 0.1) is 5.92 Å². The molecule has 1 fully saturated rings. The van der Waals surface area contributed by atoms with E-state index in [0.29, 0.717) is 5.02 Å². The average Bonchev–Trinajstić information content (AvgIpc) is 2.54. The van der Waals surface area contributed by atoms with Gasteiger partial charge < -0.3 is 15.1 Å². The third-order valence-corrected chi connectivity index (χ3v) is 4.72. The van der Waals surface area contributed by atoms with E-state index in [9.17, 15) is 10.2 Å². The Bertz CT molecular complexity index is 455. The Morgan fingerprint density at radius 1 is 1.23 bits per heavy atom. The number of rotatable bonds is 7. The minimum atomic E-state index is -0.426. The molecule has 2 atom stereocenters. The Hall–Kier alpha value is -0.870. The van der Waals surface area contributed by atoms with Crippen LogP contribution in [-0.4, -0.2) is 40.9 Å². The van der Waals surface area contributed by atoms with Crippen molar-refractivity contribution >= 4 is 11.6 Å². The van der Waals surface area contributed by atoms with Crippen molar-refractivity contribution in [2.24, 2.45) is 5.92 Å². The van der Waals surface area contributed by atoms with Gasteiger partial charge in [-0.05, 0) is 62.4 Å². The minimum Gasteiger partial charge on any atom is -0.392 e. The molecule has 1 aliphatic rings. The lowest BCUT2D eigenvalue weighted by Gasteiger charge is -2.35. The molecule has 122 valence electrons. The summed E-state index contributed by atoms with van der Waals surface area (Å²) in [4.78, 5) is 2.29. The summed E-state index contributed by atoms with van der Waals surface area (Å²) in [7, 11) is 0. The molecule has 1 aromatic carbocycles. The quantitative estimate of drug-likeness (QED) is 0.756. The van der Waals surface area contributed by atoms with Crippen LogP contribution in [0.5, 0.6) is 0 Å². The van der Waals surface area contributed by atoms with Crippen molar-refractivity contribution in [3.63, 3.8) is 0 Å². The smallest absolute Gasteiger partial charge is 0.0819 e. The van der Waals surface area contributed by atoms with Gasteiger partial charge in [-0.2, -0.15) is 0 Å². The number of allylic oxidation sites excluding steroid dienone is 1. The third-order valence-electron chi connectivity index (χ3n) is 4.46. The van der Waals surface area contributed by atoms with E-state index in [1.165, 1.54) is 0 Å². The molecule has 0 amide bonds. The summed E-state index contributed by atoms with van der Waals surface area (Å²) in [5, 5.41) is 21.2. The normalized spacial score (nSPS) is 19.8. The molecule has 2 unspecified atom stereocenters. The predicted molar refractivity (Wildman–Crippen MR) is 91.0 cm³/mol. The first-order valence-corrected chi connectivity index (χ1v) is 8.42. The van der Waals surface area contributed by atoms with Gasteiger partial charge in [-0.1, -0.05) is 29.8 Å². The van der Waals surface area contributed by atoms with Crippen molar-refractivity contribution in [1.82, 2.24) is 4.90 Å². The maximum Gasteiger partial charge on any atom is 0.0819 e. The van der Waals surface area contributed by atoms with Gasteiger partial charge in [0.1, 0.15) is 0 Å². The molecule has 0 aliphatic carbocycles. The summed E-state index contributed by atoms with van der Waals surface area (Å²) in [6, 6.07) is 7.45. The molecule has 0 aromatic heterocycles. The number of benzene rings is 1. The minimum absolute atomic E-state index is 0.280. The number of likely N-dealkylation sites (tertiary alicyclic amines) is 1. The molecule has 3 nitrogen and oxygen atoms in total. The Balaban J connectivity index is 1.79. The number of hydrogen-bond acceptors (Lipinski definition) is 3. The summed E-state index contributed by atoms with van der Waals surface area (Å²) >= 11 is 5.89. The Morgan fingerprint density at radius 2 is 1.86 bits per heavy atom. The van der Waals surface area contributed by atoms with E-state index in [1.54, 1.807) is 0 Å². The van der Waals surface area contributed by atoms with Crippen LogP contribution in [-0.2, 0) is 0 Å². The number of hydrogen-bond donors (Lipinski definition) is 2. The first-order chi connectivity index (χ1) is 10.6. The van der Waals surface area contributed by atoms with Gasteiger partial charge in [-0.3, -0.25) is 0 Å². The molecule has 0 bridgehead atoms. The fourth-order valence-electron chi connectivity index (χ4n) is 3.08. The summed E-state index contributed by atoms with van der Waals surface area (Å²) in [6.45, 7) is 6.26. The lowest BCUT2D eigenvalue weighted by Crippen LogP contribution is -2.40. The molecule has 0 radical (unpaired) electrons. The van der Waals surface area contributed by atoms with Gasteiger partial charge in [-0.15, -0.1) is 6.58 Å². The van der Waals surface area contributed by atoms with Crippen LogP contribution in [0.1, 0.15) is 37.4 Å². The number of nitrogens with zero attached hydrogens (tertiary/aromatic N) is 1. The predicted octanol–water partition coefficient (Wildman–Crippen LogP) is 3.41. The van der Waals surface area contributed by atoms with Crippen LogP contribution in [0.4, 0.5) is 0 Å². The largest absolute Gasteiger partial charge is 0.392 e. The lowest BCUT2D eigenvalue weighted by molar-refractivity contribution is 0.0387. The highest BCUT2D eigenvalue weighted by atomic mass is 35.5. The van der Waals surface area contributed by atoms with Crippen LogP contribution in [0.25, 0.3) is 0 Å². The van der Waals surface area contributed by atoms with Gasteiger partial charge in [0.05, 0.1) is 12.2 Å². The highest BCUT2D eigenvalue weighted by Crippen LogP contribution is 2.31. The summed E-state index contributed by atoms with van der Waals surface area (Å²) < 4.78 is 0. The standard InChI is InChI=1S/C18H26ClNO2/c1-2-3-4-17(21)13-20-11-9-15(10-12-20)18(22)14-5-7-16(19)8-6-14/h2,5-8,15,17-18,21-22H,1,3-4,9-13H2. The first kappa shape index (κ1) is 17.5. The van der Waals surface area contributed by atoms with Gasteiger partial charge in [0.15, 0.2) is 0 Å². The van der Waals surface area contributed by atoms with Gasteiger partial charge >= 0.3 is 0 Å². The van der Waals surface area contributed by atoms with E-state index < -0.39 is 6.10 Å². The molecule has 1 saturated heterocycles. The fourth-order valence-corrected chi connectivity index (χ4v) is 3.21. The second-order valence-electron chi connectivity index (χ2n) is 6.15. The average molecular weight is 324 g/mol. The molecule has 22 heavy (non-hydrogen) atoms. The van der Waals surface area contributed by atoms with E-state index in [0.717, 1.165) is 50.9 Å². The second kappa shape index (κ2) is 8.68. The van der Waals surface area contributed by atoms with Crippen LogP contribution < -0.4 is 0 Å². The SMILES string of the molecule is C=CCCC(O)CN1CCC(C(O)c2ccc(Cl)cc2)CC1. The van der Waals surface area contributed by atoms with Gasteiger partial charge in [-0.25, -0.2) is 0 Å². The number of aliphatic hydroxyl groups excluding tert-OH is 2. The molecule has 2 rings (SSSR count). The molecule has 0 spiro atoms. The van der Waals surface area contributed by atoms with Crippen LogP contribution in [0.2, 0.25) is 5.02 Å². The Morgan fingerprint density at radius 3 is 2.45 bits per heavy atom. The van der Waals surface area contributed by atoms with Gasteiger partial charge in [0.25, 0.3) is 0 Å². The van der Waals surface area contributed by atoms with Crippen molar-refractivity contribution in [3.05, 3.63) is 47.5 Å². The van der Waals surface area contributed by atoms with E-state index in [4.69, 9.17) is 11.6 Å². The third kappa shape index (κ3) is 5.10. The number of halogens is 1. The molecular weight excluding hydrogens is 298 g/mol. The molecule has 1 heterocycles. The molecule has 2 N–H and O–H groups in total. The highest BCUT2D eigenvalue weighted by molar-refractivity contribution is 6.30. The van der Waals surface area contributed by atoms with Crippen molar-refractivity contribution in [1.29, 1.82) is 0 Å². The maximum atomic E-state index is 10.5. The molecule has 1 aromatic rings. The number of piperidine rings is 1. The van der Waals surface area contributed by atoms with E-state index in [2.05, 4.69) is 11.5 Å². The van der Waals surface area contributed by atoms with Crippen LogP contribution in [0.15, 0.2) is 36.9 Å². The van der Waals surface area contributed by atoms with Crippen molar-refractivity contribution in [2.45, 2.75) is 37.9 Å². The van der Waals surface area contributed by atoms with Crippen molar-refractivity contribution < 1.29 is 10.2 Å². The maximum absolute atomic E-state index is 10.5. The molecular formula is C18H26ClNO2.